The van der Waals surface area contributed by atoms with E-state index in [0.717, 1.165) is 0 Å². The number of hydrazone groups is 1. The minimum absolute atomic E-state index is 0.104. The number of hydrogen-bond acceptors (Lipinski definition) is 4. The van der Waals surface area contributed by atoms with Crippen LogP contribution in [0.1, 0.15) is 12.0 Å². The molecule has 0 bridgehead atoms. The molecule has 0 aliphatic heterocycles. The first-order valence-corrected chi connectivity index (χ1v) is 7.97. The van der Waals surface area contributed by atoms with Crippen LogP contribution >= 0.6 is 27.5 Å². The predicted octanol–water partition coefficient (Wildman–Crippen LogP) is 3.29. The normalized spacial score (nSPS) is 10.6. The summed E-state index contributed by atoms with van der Waals surface area (Å²) in [7, 11) is 0. The van der Waals surface area contributed by atoms with E-state index in [2.05, 4.69) is 31.8 Å². The van der Waals surface area contributed by atoms with Gasteiger partial charge >= 0.3 is 0 Å². The standard InChI is InChI=1S/C16H13BrClN3O3/c17-11-7-10(5-6-14(11)22)9-19-21-16(24)8-15(23)20-13-4-2-1-3-12(13)18/h1-7,9,22H,8H2,(H,20,23)(H,21,24)/b19-9+. The minimum atomic E-state index is -0.561. The maximum atomic E-state index is 11.8. The van der Waals surface area contributed by atoms with Crippen LogP contribution in [-0.4, -0.2) is 23.1 Å². The van der Waals surface area contributed by atoms with E-state index in [4.69, 9.17) is 11.6 Å². The summed E-state index contributed by atoms with van der Waals surface area (Å²) in [6.45, 7) is 0. The monoisotopic (exact) mass is 409 g/mol. The number of nitrogens with one attached hydrogen (secondary N) is 2. The molecule has 0 radical (unpaired) electrons. The zero-order valence-corrected chi connectivity index (χ0v) is 14.6. The van der Waals surface area contributed by atoms with Crippen molar-refractivity contribution in [3.63, 3.8) is 0 Å². The van der Waals surface area contributed by atoms with Gasteiger partial charge in [0.05, 0.1) is 21.4 Å². The topological polar surface area (TPSA) is 90.8 Å². The van der Waals surface area contributed by atoms with Crippen LogP contribution < -0.4 is 10.7 Å². The van der Waals surface area contributed by atoms with E-state index in [-0.39, 0.29) is 12.2 Å². The Kier molecular flexibility index (Phi) is 6.34. The quantitative estimate of drug-likeness (QED) is 0.401. The molecule has 0 aliphatic rings. The fraction of sp³-hybridized carbons (Fsp3) is 0.0625. The van der Waals surface area contributed by atoms with Crippen molar-refractivity contribution >= 4 is 51.2 Å². The van der Waals surface area contributed by atoms with Crippen molar-refractivity contribution in [2.45, 2.75) is 6.42 Å². The van der Waals surface area contributed by atoms with Crippen molar-refractivity contribution in [2.24, 2.45) is 5.10 Å². The lowest BCUT2D eigenvalue weighted by molar-refractivity contribution is -0.126. The van der Waals surface area contributed by atoms with Gasteiger partial charge in [0, 0.05) is 0 Å². The number of nitrogens with zero attached hydrogens (tertiary/aromatic N) is 1. The molecule has 6 nitrogen and oxygen atoms in total. The number of anilines is 1. The van der Waals surface area contributed by atoms with Gasteiger partial charge in [-0.3, -0.25) is 9.59 Å². The average Bonchev–Trinajstić information content (AvgIpc) is 2.53. The molecule has 8 heteroatoms. The third-order valence-electron chi connectivity index (χ3n) is 2.84. The summed E-state index contributed by atoms with van der Waals surface area (Å²) in [4.78, 5) is 23.4. The molecule has 0 fully saturated rings. The molecule has 3 N–H and O–H groups in total. The van der Waals surface area contributed by atoms with E-state index in [0.29, 0.717) is 20.7 Å². The van der Waals surface area contributed by atoms with Crippen LogP contribution in [-0.2, 0) is 9.59 Å². The van der Waals surface area contributed by atoms with E-state index in [1.807, 2.05) is 0 Å². The van der Waals surface area contributed by atoms with Crippen LogP contribution in [0.25, 0.3) is 0 Å². The zero-order chi connectivity index (χ0) is 17.5. The van der Waals surface area contributed by atoms with Crippen LogP contribution in [0.4, 0.5) is 5.69 Å². The van der Waals surface area contributed by atoms with E-state index in [9.17, 15) is 14.7 Å². The van der Waals surface area contributed by atoms with Gasteiger partial charge in [-0.15, -0.1) is 0 Å². The summed E-state index contributed by atoms with van der Waals surface area (Å²) in [5.41, 5.74) is 3.36. The third-order valence-corrected chi connectivity index (χ3v) is 3.81. The van der Waals surface area contributed by atoms with Crippen LogP contribution in [0, 0.1) is 0 Å². The average molecular weight is 411 g/mol. The lowest BCUT2D eigenvalue weighted by atomic mass is 10.2. The van der Waals surface area contributed by atoms with E-state index < -0.39 is 11.8 Å². The number of amides is 2. The smallest absolute Gasteiger partial charge is 0.249 e. The first-order valence-electron chi connectivity index (χ1n) is 6.80. The number of carbonyl (C=O) groups is 2. The van der Waals surface area contributed by atoms with E-state index in [1.54, 1.807) is 36.4 Å². The van der Waals surface area contributed by atoms with Crippen LogP contribution in [0.2, 0.25) is 5.02 Å². The summed E-state index contributed by atoms with van der Waals surface area (Å²) < 4.78 is 0.511. The second-order valence-corrected chi connectivity index (χ2v) is 5.97. The number of hydrogen-bond donors (Lipinski definition) is 3. The number of rotatable bonds is 5. The molecular formula is C16H13BrClN3O3. The molecule has 0 atom stereocenters. The Hall–Kier alpha value is -2.38. The summed E-state index contributed by atoms with van der Waals surface area (Å²) in [5.74, 6) is -0.954. The second kappa shape index (κ2) is 8.47. The maximum Gasteiger partial charge on any atom is 0.249 e. The number of phenols is 1. The Morgan fingerprint density at radius 2 is 1.96 bits per heavy atom. The van der Waals surface area contributed by atoms with Gasteiger partial charge in [0.1, 0.15) is 12.2 Å². The van der Waals surface area contributed by atoms with Gasteiger partial charge < -0.3 is 10.4 Å². The zero-order valence-electron chi connectivity index (χ0n) is 12.3. The fourth-order valence-corrected chi connectivity index (χ4v) is 2.30. The molecule has 0 saturated carbocycles. The van der Waals surface area contributed by atoms with Gasteiger partial charge in [0.25, 0.3) is 0 Å². The highest BCUT2D eigenvalue weighted by Crippen LogP contribution is 2.23. The van der Waals surface area contributed by atoms with Crippen LogP contribution in [0.5, 0.6) is 5.75 Å². The van der Waals surface area contributed by atoms with Gasteiger partial charge in [-0.25, -0.2) is 5.43 Å². The van der Waals surface area contributed by atoms with Gasteiger partial charge in [0.2, 0.25) is 11.8 Å². The molecule has 24 heavy (non-hydrogen) atoms. The van der Waals surface area contributed by atoms with Crippen molar-refractivity contribution in [1.82, 2.24) is 5.43 Å². The minimum Gasteiger partial charge on any atom is -0.507 e. The number of benzene rings is 2. The molecule has 0 heterocycles. The molecule has 2 rings (SSSR count). The molecular weight excluding hydrogens is 398 g/mol. The van der Waals surface area contributed by atoms with Crippen LogP contribution in [0.15, 0.2) is 52.0 Å². The van der Waals surface area contributed by atoms with Crippen molar-refractivity contribution in [2.75, 3.05) is 5.32 Å². The van der Waals surface area contributed by atoms with Crippen molar-refractivity contribution < 1.29 is 14.7 Å². The molecule has 0 unspecified atom stereocenters. The Morgan fingerprint density at radius 3 is 2.67 bits per heavy atom. The molecule has 2 amide bonds. The first-order chi connectivity index (χ1) is 11.5. The Balaban J connectivity index is 1.84. The molecule has 0 spiro atoms. The largest absolute Gasteiger partial charge is 0.507 e. The van der Waals surface area contributed by atoms with Crippen molar-refractivity contribution in [3.05, 3.63) is 57.5 Å². The molecule has 124 valence electrons. The predicted molar refractivity (Wildman–Crippen MR) is 96.2 cm³/mol. The van der Waals surface area contributed by atoms with Crippen molar-refractivity contribution in [1.29, 1.82) is 0 Å². The van der Waals surface area contributed by atoms with E-state index in [1.165, 1.54) is 12.3 Å². The first kappa shape index (κ1) is 18.0. The number of para-hydroxylation sites is 1. The summed E-state index contributed by atoms with van der Waals surface area (Å²) in [5, 5.41) is 16.1. The highest BCUT2D eigenvalue weighted by molar-refractivity contribution is 9.10. The molecule has 2 aromatic rings. The Labute approximate surface area is 151 Å². The lowest BCUT2D eigenvalue weighted by Gasteiger charge is -2.06. The Morgan fingerprint density at radius 1 is 1.21 bits per heavy atom. The number of phenolic OH excluding ortho intramolecular Hbond substituents is 1. The molecule has 2 aromatic carbocycles. The van der Waals surface area contributed by atoms with Gasteiger partial charge in [-0.1, -0.05) is 23.7 Å². The summed E-state index contributed by atoms with van der Waals surface area (Å²) in [6, 6.07) is 11.5. The van der Waals surface area contributed by atoms with Gasteiger partial charge in [-0.05, 0) is 51.8 Å². The maximum absolute atomic E-state index is 11.8. The highest BCUT2D eigenvalue weighted by atomic mass is 79.9. The number of carbonyl (C=O) groups excluding carboxylic acids is 2. The van der Waals surface area contributed by atoms with Gasteiger partial charge in [0.15, 0.2) is 0 Å². The second-order valence-electron chi connectivity index (χ2n) is 4.71. The SMILES string of the molecule is O=C(CC(=O)Nc1ccccc1Cl)N/N=C/c1ccc(O)c(Br)c1. The summed E-state index contributed by atoms with van der Waals surface area (Å²) in [6.07, 6.45) is 1.01. The van der Waals surface area contributed by atoms with Gasteiger partial charge in [-0.2, -0.15) is 5.10 Å². The molecule has 0 aliphatic carbocycles. The van der Waals surface area contributed by atoms with Crippen molar-refractivity contribution in [3.8, 4) is 5.75 Å². The van der Waals surface area contributed by atoms with Crippen LogP contribution in [0.3, 0.4) is 0 Å². The van der Waals surface area contributed by atoms with E-state index >= 15 is 0 Å². The number of aromatic hydroxyl groups is 1. The lowest BCUT2D eigenvalue weighted by Crippen LogP contribution is -2.24. The third kappa shape index (κ3) is 5.36. The Bertz CT molecular complexity index is 796. The summed E-state index contributed by atoms with van der Waals surface area (Å²) >= 11 is 9.09. The fourth-order valence-electron chi connectivity index (χ4n) is 1.72. The molecule has 0 aromatic heterocycles. The molecule has 0 saturated heterocycles. The highest BCUT2D eigenvalue weighted by Gasteiger charge is 2.10. The number of halogens is 2.